The van der Waals surface area contributed by atoms with Crippen molar-refractivity contribution in [2.24, 2.45) is 0 Å². The second kappa shape index (κ2) is 40.4. The molecule has 0 saturated carbocycles. The molecule has 0 fully saturated rings. The van der Waals surface area contributed by atoms with Gasteiger partial charge >= 0.3 is 27.6 Å². The summed E-state index contributed by atoms with van der Waals surface area (Å²) in [6.07, 6.45) is 39.8. The lowest BCUT2D eigenvalue weighted by Gasteiger charge is -2.20. The summed E-state index contributed by atoms with van der Waals surface area (Å²) < 4.78 is 47.8. The fourth-order valence-corrected chi connectivity index (χ4v) is 7.22. The Balaban J connectivity index is 4.53. The second-order valence-electron chi connectivity index (χ2n) is 15.3. The average molecular weight is 881 g/mol. The number of carbonyl (C=O) groups excluding carboxylic acids is 2. The molecule has 0 aromatic carbocycles. The van der Waals surface area contributed by atoms with E-state index >= 15 is 0 Å². The van der Waals surface area contributed by atoms with Crippen LogP contribution in [-0.4, -0.2) is 70.4 Å². The van der Waals surface area contributed by atoms with Gasteiger partial charge in [-0.25, -0.2) is 9.13 Å². The van der Waals surface area contributed by atoms with E-state index in [4.69, 9.17) is 23.8 Å². The first-order valence-electron chi connectivity index (χ1n) is 22.7. The minimum atomic E-state index is -4.86. The first kappa shape index (κ1) is 57.3. The molecule has 0 aliphatic carbocycles. The van der Waals surface area contributed by atoms with Gasteiger partial charge in [-0.2, -0.15) is 0 Å². The van der Waals surface area contributed by atoms with Crippen LogP contribution in [0.3, 0.4) is 0 Å². The van der Waals surface area contributed by atoms with Gasteiger partial charge < -0.3 is 29.3 Å². The van der Waals surface area contributed by atoms with Gasteiger partial charge in [-0.1, -0.05) is 166 Å². The maximum Gasteiger partial charge on any atom is 0.472 e. The number of phosphoric acid groups is 2. The van der Waals surface area contributed by atoms with E-state index in [1.165, 1.54) is 89.9 Å². The van der Waals surface area contributed by atoms with Crippen LogP contribution in [0.15, 0.2) is 36.5 Å². The molecule has 13 nitrogen and oxygen atoms in total. The molecule has 0 saturated heterocycles. The predicted molar refractivity (Wildman–Crippen MR) is 235 cm³/mol. The van der Waals surface area contributed by atoms with Crippen LogP contribution in [0.2, 0.25) is 0 Å². The number of aliphatic hydroxyl groups excluding tert-OH is 1. The van der Waals surface area contributed by atoms with Crippen molar-refractivity contribution in [3.8, 4) is 0 Å². The van der Waals surface area contributed by atoms with Crippen molar-refractivity contribution in [3.63, 3.8) is 0 Å². The van der Waals surface area contributed by atoms with E-state index in [1.54, 1.807) is 0 Å². The maximum atomic E-state index is 12.7. The van der Waals surface area contributed by atoms with E-state index in [2.05, 4.69) is 59.4 Å². The Bertz CT molecular complexity index is 1190. The molecule has 0 aliphatic rings. The SMILES string of the molecule is CCCCCC=CCC=CCC=CCCCCCCC(=O)OC(COC(=O)CCCCCCCCCCCCCCCCC)COP(=O)(O)OCC(O)COP(=O)(O)O. The molecule has 3 unspecified atom stereocenters. The molecular weight excluding hydrogens is 798 g/mol. The highest BCUT2D eigenvalue weighted by Gasteiger charge is 2.28. The van der Waals surface area contributed by atoms with Gasteiger partial charge in [-0.15, -0.1) is 0 Å². The van der Waals surface area contributed by atoms with Gasteiger partial charge in [0, 0.05) is 12.8 Å². The number of ether oxygens (including phenoxy) is 2. The molecule has 0 radical (unpaired) electrons. The molecule has 0 amide bonds. The third kappa shape index (κ3) is 44.2. The molecule has 0 rings (SSSR count). The zero-order valence-electron chi connectivity index (χ0n) is 36.6. The third-order valence-corrected chi connectivity index (χ3v) is 11.0. The molecule has 3 atom stereocenters. The Kier molecular flexibility index (Phi) is 39.3. The normalized spacial score (nSPS) is 14.3. The molecule has 0 aromatic rings. The van der Waals surface area contributed by atoms with Crippen molar-refractivity contribution in [1.82, 2.24) is 0 Å². The monoisotopic (exact) mass is 881 g/mol. The number of allylic oxidation sites excluding steroid dienone is 6. The second-order valence-corrected chi connectivity index (χ2v) is 18.0. The molecule has 0 aliphatic heterocycles. The van der Waals surface area contributed by atoms with E-state index in [0.717, 1.165) is 64.2 Å². The number of hydrogen-bond acceptors (Lipinski definition) is 10. The molecule has 15 heteroatoms. The Labute approximate surface area is 357 Å². The lowest BCUT2D eigenvalue weighted by Crippen LogP contribution is -2.30. The van der Waals surface area contributed by atoms with Crippen LogP contribution in [0.5, 0.6) is 0 Å². The first-order chi connectivity index (χ1) is 28.4. The lowest BCUT2D eigenvalue weighted by molar-refractivity contribution is -0.161. The van der Waals surface area contributed by atoms with Crippen LogP contribution in [-0.2, 0) is 41.8 Å². The number of esters is 2. The molecule has 346 valence electrons. The molecule has 59 heavy (non-hydrogen) atoms. The summed E-state index contributed by atoms with van der Waals surface area (Å²) in [6, 6.07) is 0. The van der Waals surface area contributed by atoms with Crippen molar-refractivity contribution in [1.29, 1.82) is 0 Å². The van der Waals surface area contributed by atoms with E-state index in [-0.39, 0.29) is 19.4 Å². The van der Waals surface area contributed by atoms with E-state index in [1.807, 2.05) is 0 Å². The highest BCUT2D eigenvalue weighted by atomic mass is 31.2. The van der Waals surface area contributed by atoms with Gasteiger partial charge in [-0.3, -0.25) is 23.2 Å². The van der Waals surface area contributed by atoms with Crippen LogP contribution in [0.4, 0.5) is 0 Å². The fraction of sp³-hybridized carbons (Fsp3) is 0.818. The van der Waals surface area contributed by atoms with Crippen molar-refractivity contribution in [3.05, 3.63) is 36.5 Å². The average Bonchev–Trinajstić information content (AvgIpc) is 3.19. The predicted octanol–water partition coefficient (Wildman–Crippen LogP) is 11.7. The molecule has 4 N–H and O–H groups in total. The van der Waals surface area contributed by atoms with Gasteiger partial charge in [0.25, 0.3) is 0 Å². The molecule has 0 aromatic heterocycles. The molecular formula is C44H82O13P2. The Morgan fingerprint density at radius 3 is 1.39 bits per heavy atom. The minimum absolute atomic E-state index is 0.107. The summed E-state index contributed by atoms with van der Waals surface area (Å²) in [5.74, 6) is -1.05. The summed E-state index contributed by atoms with van der Waals surface area (Å²) in [5.41, 5.74) is 0. The topological polar surface area (TPSA) is 195 Å². The van der Waals surface area contributed by atoms with Crippen LogP contribution < -0.4 is 0 Å². The van der Waals surface area contributed by atoms with Crippen molar-refractivity contribution < 1.29 is 61.6 Å². The van der Waals surface area contributed by atoms with Crippen LogP contribution >= 0.6 is 15.6 Å². The summed E-state index contributed by atoms with van der Waals surface area (Å²) in [6.45, 7) is 1.73. The number of carbonyl (C=O) groups is 2. The minimum Gasteiger partial charge on any atom is -0.462 e. The number of rotatable bonds is 43. The summed E-state index contributed by atoms with van der Waals surface area (Å²) in [5, 5.41) is 9.75. The van der Waals surface area contributed by atoms with E-state index < -0.39 is 59.6 Å². The molecule has 0 heterocycles. The Morgan fingerprint density at radius 1 is 0.492 bits per heavy atom. The fourth-order valence-electron chi connectivity index (χ4n) is 6.06. The van der Waals surface area contributed by atoms with Gasteiger partial charge in [0.05, 0.1) is 19.8 Å². The van der Waals surface area contributed by atoms with Crippen molar-refractivity contribution in [2.75, 3.05) is 26.4 Å². The van der Waals surface area contributed by atoms with Crippen LogP contribution in [0, 0.1) is 0 Å². The Morgan fingerprint density at radius 2 is 0.881 bits per heavy atom. The Hall–Kier alpha value is -1.66. The summed E-state index contributed by atoms with van der Waals surface area (Å²) in [7, 11) is -9.67. The van der Waals surface area contributed by atoms with Crippen molar-refractivity contribution in [2.45, 2.75) is 206 Å². The summed E-state index contributed by atoms with van der Waals surface area (Å²) >= 11 is 0. The quantitative estimate of drug-likeness (QED) is 0.0196. The van der Waals surface area contributed by atoms with Gasteiger partial charge in [0.15, 0.2) is 6.10 Å². The van der Waals surface area contributed by atoms with Crippen LogP contribution in [0.1, 0.15) is 194 Å². The maximum absolute atomic E-state index is 12.7. The largest absolute Gasteiger partial charge is 0.472 e. The smallest absolute Gasteiger partial charge is 0.462 e. The zero-order valence-corrected chi connectivity index (χ0v) is 38.4. The van der Waals surface area contributed by atoms with Gasteiger partial charge in [-0.05, 0) is 51.4 Å². The number of aliphatic hydroxyl groups is 1. The number of phosphoric ester groups is 2. The van der Waals surface area contributed by atoms with E-state index in [9.17, 15) is 28.7 Å². The zero-order chi connectivity index (χ0) is 43.7. The van der Waals surface area contributed by atoms with E-state index in [0.29, 0.717) is 12.8 Å². The summed E-state index contributed by atoms with van der Waals surface area (Å²) in [4.78, 5) is 52.7. The van der Waals surface area contributed by atoms with Gasteiger partial charge in [0.1, 0.15) is 12.7 Å². The van der Waals surface area contributed by atoms with Gasteiger partial charge in [0.2, 0.25) is 0 Å². The lowest BCUT2D eigenvalue weighted by atomic mass is 10.0. The number of unbranched alkanes of at least 4 members (excludes halogenated alkanes) is 21. The third-order valence-electron chi connectivity index (χ3n) is 9.52. The highest BCUT2D eigenvalue weighted by molar-refractivity contribution is 7.47. The molecule has 0 bridgehead atoms. The van der Waals surface area contributed by atoms with Crippen molar-refractivity contribution >= 4 is 27.6 Å². The highest BCUT2D eigenvalue weighted by Crippen LogP contribution is 2.43. The first-order valence-corrected chi connectivity index (χ1v) is 25.7. The standard InChI is InChI=1S/C44H82O13P2/c1-3-5-7-9-11-13-15-17-19-20-22-24-26-28-30-32-34-36-44(47)57-42(40-56-59(51,52)55-38-41(45)37-54-58(48,49)50)39-53-43(46)35-33-31-29-27-25-23-21-18-16-14-12-10-8-6-4-2/h11,13,17,19,22,24,41-42,45H,3-10,12,14-16,18,20-21,23,25-40H2,1-2H3,(H,51,52)(H2,48,49,50). The van der Waals surface area contributed by atoms with Crippen LogP contribution in [0.25, 0.3) is 0 Å². The molecule has 0 spiro atoms. The number of hydrogen-bond donors (Lipinski definition) is 4.